The lowest BCUT2D eigenvalue weighted by atomic mass is 9.79. The van der Waals surface area contributed by atoms with Crippen LogP contribution >= 0.6 is 0 Å². The molecule has 2 atom stereocenters. The molecule has 1 aliphatic carbocycles. The average molecular weight is 253 g/mol. The van der Waals surface area contributed by atoms with E-state index in [1.807, 2.05) is 0 Å². The SMILES string of the molecule is COC(=O)C1CCN(C2CC(C)CC(C)C2)CC1. The lowest BCUT2D eigenvalue weighted by Gasteiger charge is -2.42. The Kier molecular flexibility index (Phi) is 4.66. The van der Waals surface area contributed by atoms with Crippen molar-refractivity contribution in [1.82, 2.24) is 4.90 Å². The van der Waals surface area contributed by atoms with Gasteiger partial charge in [0.15, 0.2) is 0 Å². The molecular weight excluding hydrogens is 226 g/mol. The molecule has 0 bridgehead atoms. The first kappa shape index (κ1) is 13.9. The highest BCUT2D eigenvalue weighted by molar-refractivity contribution is 5.72. The van der Waals surface area contributed by atoms with Crippen LogP contribution in [0.3, 0.4) is 0 Å². The third-order valence-electron chi connectivity index (χ3n) is 4.73. The van der Waals surface area contributed by atoms with Crippen molar-refractivity contribution in [1.29, 1.82) is 0 Å². The maximum atomic E-state index is 11.5. The molecule has 1 heterocycles. The fraction of sp³-hybridized carbons (Fsp3) is 0.933. The predicted molar refractivity (Wildman–Crippen MR) is 72.3 cm³/mol. The minimum Gasteiger partial charge on any atom is -0.469 e. The monoisotopic (exact) mass is 253 g/mol. The minimum absolute atomic E-state index is 0.0139. The Morgan fingerprint density at radius 3 is 2.11 bits per heavy atom. The predicted octanol–water partition coefficient (Wildman–Crippen LogP) is 2.70. The largest absolute Gasteiger partial charge is 0.469 e. The van der Waals surface area contributed by atoms with Gasteiger partial charge >= 0.3 is 5.97 Å². The molecule has 2 aliphatic rings. The second-order valence-electron chi connectivity index (χ2n) is 6.40. The Balaban J connectivity index is 1.84. The van der Waals surface area contributed by atoms with E-state index in [9.17, 15) is 4.79 Å². The van der Waals surface area contributed by atoms with E-state index in [2.05, 4.69) is 18.7 Å². The van der Waals surface area contributed by atoms with Crippen molar-refractivity contribution in [3.63, 3.8) is 0 Å². The van der Waals surface area contributed by atoms with Gasteiger partial charge in [0, 0.05) is 6.04 Å². The first-order valence-corrected chi connectivity index (χ1v) is 7.42. The lowest BCUT2D eigenvalue weighted by Crippen LogP contribution is -2.45. The number of ether oxygens (including phenoxy) is 1. The molecule has 2 unspecified atom stereocenters. The molecule has 0 amide bonds. The summed E-state index contributed by atoms with van der Waals surface area (Å²) in [6, 6.07) is 0.752. The normalized spacial score (nSPS) is 35.4. The van der Waals surface area contributed by atoms with Crippen molar-refractivity contribution in [2.45, 2.75) is 52.0 Å². The fourth-order valence-corrected chi connectivity index (χ4v) is 3.87. The molecular formula is C15H27NO2. The van der Waals surface area contributed by atoms with E-state index in [1.165, 1.54) is 26.4 Å². The van der Waals surface area contributed by atoms with Gasteiger partial charge in [0.25, 0.3) is 0 Å². The van der Waals surface area contributed by atoms with Gasteiger partial charge in [0.1, 0.15) is 0 Å². The van der Waals surface area contributed by atoms with Gasteiger partial charge in [0.2, 0.25) is 0 Å². The molecule has 1 aliphatic heterocycles. The Labute approximate surface area is 111 Å². The highest BCUT2D eigenvalue weighted by atomic mass is 16.5. The summed E-state index contributed by atoms with van der Waals surface area (Å²) in [5, 5.41) is 0. The number of methoxy groups -OCH3 is 1. The standard InChI is InChI=1S/C15H27NO2/c1-11-8-12(2)10-14(9-11)16-6-4-13(5-7-16)15(17)18-3/h11-14H,4-10H2,1-3H3. The molecule has 0 N–H and O–H groups in total. The molecule has 104 valence electrons. The van der Waals surface area contributed by atoms with Crippen LogP contribution in [0.1, 0.15) is 46.0 Å². The van der Waals surface area contributed by atoms with Crippen molar-refractivity contribution < 1.29 is 9.53 Å². The molecule has 2 rings (SSSR count). The Morgan fingerprint density at radius 1 is 1.06 bits per heavy atom. The number of carbonyl (C=O) groups excluding carboxylic acids is 1. The van der Waals surface area contributed by atoms with Gasteiger partial charge in [-0.2, -0.15) is 0 Å². The molecule has 0 aromatic carbocycles. The molecule has 1 saturated heterocycles. The topological polar surface area (TPSA) is 29.5 Å². The van der Waals surface area contributed by atoms with Gasteiger partial charge in [-0.15, -0.1) is 0 Å². The van der Waals surface area contributed by atoms with Crippen LogP contribution in [0.15, 0.2) is 0 Å². The molecule has 3 heteroatoms. The summed E-state index contributed by atoms with van der Waals surface area (Å²) in [6.07, 6.45) is 6.02. The smallest absolute Gasteiger partial charge is 0.308 e. The molecule has 1 saturated carbocycles. The third-order valence-corrected chi connectivity index (χ3v) is 4.73. The van der Waals surface area contributed by atoms with Crippen LogP contribution in [0, 0.1) is 17.8 Å². The summed E-state index contributed by atoms with van der Waals surface area (Å²) in [7, 11) is 1.50. The zero-order valence-corrected chi connectivity index (χ0v) is 12.0. The van der Waals surface area contributed by atoms with Crippen LogP contribution in [0.2, 0.25) is 0 Å². The number of hydrogen-bond acceptors (Lipinski definition) is 3. The van der Waals surface area contributed by atoms with Crippen LogP contribution in [-0.2, 0) is 9.53 Å². The van der Waals surface area contributed by atoms with Crippen LogP contribution in [-0.4, -0.2) is 37.1 Å². The van der Waals surface area contributed by atoms with E-state index < -0.39 is 0 Å². The highest BCUT2D eigenvalue weighted by Crippen LogP contribution is 2.33. The zero-order chi connectivity index (χ0) is 13.1. The maximum absolute atomic E-state index is 11.5. The van der Waals surface area contributed by atoms with Crippen molar-refractivity contribution in [2.24, 2.45) is 17.8 Å². The van der Waals surface area contributed by atoms with E-state index in [4.69, 9.17) is 4.74 Å². The van der Waals surface area contributed by atoms with Crippen molar-refractivity contribution in [3.8, 4) is 0 Å². The van der Waals surface area contributed by atoms with Crippen LogP contribution in [0.25, 0.3) is 0 Å². The van der Waals surface area contributed by atoms with Crippen molar-refractivity contribution in [3.05, 3.63) is 0 Å². The van der Waals surface area contributed by atoms with Gasteiger partial charge in [0.05, 0.1) is 13.0 Å². The van der Waals surface area contributed by atoms with Crippen LogP contribution < -0.4 is 0 Å². The number of carbonyl (C=O) groups is 1. The summed E-state index contributed by atoms with van der Waals surface area (Å²) < 4.78 is 4.85. The minimum atomic E-state index is -0.0139. The van der Waals surface area contributed by atoms with E-state index in [1.54, 1.807) is 0 Å². The number of piperidine rings is 1. The summed E-state index contributed by atoms with van der Waals surface area (Å²) in [4.78, 5) is 14.1. The van der Waals surface area contributed by atoms with Crippen LogP contribution in [0.4, 0.5) is 0 Å². The van der Waals surface area contributed by atoms with E-state index >= 15 is 0 Å². The molecule has 0 aromatic rings. The van der Waals surface area contributed by atoms with Crippen molar-refractivity contribution in [2.75, 3.05) is 20.2 Å². The molecule has 0 aromatic heterocycles. The summed E-state index contributed by atoms with van der Waals surface area (Å²) >= 11 is 0. The molecule has 0 spiro atoms. The molecule has 18 heavy (non-hydrogen) atoms. The van der Waals surface area contributed by atoms with Crippen LogP contribution in [0.5, 0.6) is 0 Å². The molecule has 2 fully saturated rings. The Morgan fingerprint density at radius 2 is 1.61 bits per heavy atom. The first-order chi connectivity index (χ1) is 8.60. The summed E-state index contributed by atoms with van der Waals surface area (Å²) in [5.41, 5.74) is 0. The first-order valence-electron chi connectivity index (χ1n) is 7.42. The van der Waals surface area contributed by atoms with E-state index in [-0.39, 0.29) is 11.9 Å². The van der Waals surface area contributed by atoms with E-state index in [0.717, 1.165) is 43.8 Å². The number of rotatable bonds is 2. The molecule has 3 nitrogen and oxygen atoms in total. The van der Waals surface area contributed by atoms with Gasteiger partial charge in [-0.3, -0.25) is 4.79 Å². The number of likely N-dealkylation sites (tertiary alicyclic amines) is 1. The van der Waals surface area contributed by atoms with Gasteiger partial charge in [-0.05, 0) is 57.0 Å². The Hall–Kier alpha value is -0.570. The molecule has 0 radical (unpaired) electrons. The number of esters is 1. The van der Waals surface area contributed by atoms with E-state index in [0.29, 0.717) is 0 Å². The summed E-state index contributed by atoms with van der Waals surface area (Å²) in [5.74, 6) is 1.85. The van der Waals surface area contributed by atoms with Gasteiger partial charge in [-0.1, -0.05) is 13.8 Å². The highest BCUT2D eigenvalue weighted by Gasteiger charge is 2.32. The number of hydrogen-bond donors (Lipinski definition) is 0. The fourth-order valence-electron chi connectivity index (χ4n) is 3.87. The lowest BCUT2D eigenvalue weighted by molar-refractivity contribution is -0.147. The number of nitrogens with zero attached hydrogens (tertiary/aromatic N) is 1. The van der Waals surface area contributed by atoms with Gasteiger partial charge in [-0.25, -0.2) is 0 Å². The second-order valence-corrected chi connectivity index (χ2v) is 6.40. The quantitative estimate of drug-likeness (QED) is 0.709. The Bertz CT molecular complexity index is 274. The average Bonchev–Trinajstić information content (AvgIpc) is 2.37. The summed E-state index contributed by atoms with van der Waals surface area (Å²) in [6.45, 7) is 6.90. The maximum Gasteiger partial charge on any atom is 0.308 e. The van der Waals surface area contributed by atoms with Gasteiger partial charge < -0.3 is 9.64 Å². The third kappa shape index (κ3) is 3.25. The zero-order valence-electron chi connectivity index (χ0n) is 12.0. The van der Waals surface area contributed by atoms with Crippen molar-refractivity contribution >= 4 is 5.97 Å². The second kappa shape index (κ2) is 6.05.